The zero-order valence-corrected chi connectivity index (χ0v) is 18.9. The maximum Gasteiger partial charge on any atom is 0.508 e. The molecular weight excluding hydrogens is 440 g/mol. The SMILES string of the molecule is Cc1cn([C@H]2C[C@H](N=[N+]=[N-])[C@@H](COC(=O)OCCCNC(=O)OC(C)(C)C)O2)c(=O)[nH]c1=O. The average molecular weight is 468 g/mol. The molecule has 14 nitrogen and oxygen atoms in total. The van der Waals surface area contributed by atoms with Crippen LogP contribution in [0.25, 0.3) is 10.4 Å². The highest BCUT2D eigenvalue weighted by molar-refractivity contribution is 5.67. The molecule has 1 aromatic rings. The molecule has 1 aliphatic heterocycles. The van der Waals surface area contributed by atoms with E-state index in [-0.39, 0.29) is 26.2 Å². The summed E-state index contributed by atoms with van der Waals surface area (Å²) in [5, 5.41) is 6.17. The van der Waals surface area contributed by atoms with Gasteiger partial charge < -0.3 is 24.3 Å². The van der Waals surface area contributed by atoms with Crippen molar-refractivity contribution in [2.45, 2.75) is 64.5 Å². The Bertz CT molecular complexity index is 1010. The lowest BCUT2D eigenvalue weighted by Crippen LogP contribution is -2.33. The summed E-state index contributed by atoms with van der Waals surface area (Å²) < 4.78 is 22.0. The van der Waals surface area contributed by atoms with Gasteiger partial charge in [0.05, 0.1) is 12.6 Å². The van der Waals surface area contributed by atoms with Crippen LogP contribution < -0.4 is 16.6 Å². The number of nitrogens with one attached hydrogen (secondary N) is 2. The highest BCUT2D eigenvalue weighted by Gasteiger charge is 2.37. The van der Waals surface area contributed by atoms with Gasteiger partial charge in [-0.25, -0.2) is 14.4 Å². The van der Waals surface area contributed by atoms with Crippen LogP contribution in [0.5, 0.6) is 0 Å². The van der Waals surface area contributed by atoms with Crippen LogP contribution in [0.1, 0.15) is 45.4 Å². The summed E-state index contributed by atoms with van der Waals surface area (Å²) in [6.07, 6.45) is -1.32. The molecule has 0 unspecified atom stereocenters. The Hall–Kier alpha value is -3.51. The standard InChI is InChI=1S/C19H28N6O8/c1-11-9-25(16(27)22-15(11)26)14-8-12(23-24-20)13(32-14)10-31-18(29)30-7-5-6-21-17(28)33-19(2,3)4/h9,12-14H,5-8,10H2,1-4H3,(H,21,28)(H,22,26,27)/t12-,13+,14+/m0/s1. The molecule has 0 saturated carbocycles. The van der Waals surface area contributed by atoms with E-state index >= 15 is 0 Å². The molecule has 0 aromatic carbocycles. The third-order valence-electron chi connectivity index (χ3n) is 4.43. The van der Waals surface area contributed by atoms with E-state index in [1.165, 1.54) is 17.7 Å². The highest BCUT2D eigenvalue weighted by atomic mass is 16.7. The number of hydrogen-bond donors (Lipinski definition) is 2. The summed E-state index contributed by atoms with van der Waals surface area (Å²) in [5.41, 5.74) is 7.32. The molecule has 1 aliphatic rings. The third-order valence-corrected chi connectivity index (χ3v) is 4.43. The minimum absolute atomic E-state index is 0.00535. The Morgan fingerprint density at radius 1 is 1.36 bits per heavy atom. The molecule has 1 amide bonds. The van der Waals surface area contributed by atoms with E-state index in [1.807, 2.05) is 0 Å². The fraction of sp³-hybridized carbons (Fsp3) is 0.684. The lowest BCUT2D eigenvalue weighted by Gasteiger charge is -2.19. The molecule has 3 atom stereocenters. The molecule has 33 heavy (non-hydrogen) atoms. The monoisotopic (exact) mass is 468 g/mol. The van der Waals surface area contributed by atoms with E-state index in [0.29, 0.717) is 12.0 Å². The average Bonchev–Trinajstić information content (AvgIpc) is 3.10. The van der Waals surface area contributed by atoms with Gasteiger partial charge in [0.1, 0.15) is 24.5 Å². The number of aryl methyl sites for hydroxylation is 1. The number of hydrogen-bond acceptors (Lipinski definition) is 9. The lowest BCUT2D eigenvalue weighted by molar-refractivity contribution is -0.0422. The number of ether oxygens (including phenoxy) is 4. The number of aromatic amines is 1. The van der Waals surface area contributed by atoms with Crippen LogP contribution in [0.3, 0.4) is 0 Å². The van der Waals surface area contributed by atoms with Gasteiger partial charge in [0.2, 0.25) is 0 Å². The maximum atomic E-state index is 12.1. The van der Waals surface area contributed by atoms with E-state index in [9.17, 15) is 19.2 Å². The van der Waals surface area contributed by atoms with E-state index in [2.05, 4.69) is 20.3 Å². The van der Waals surface area contributed by atoms with Gasteiger partial charge in [0, 0.05) is 29.6 Å². The first-order chi connectivity index (χ1) is 15.5. The second-order valence-corrected chi connectivity index (χ2v) is 8.31. The Labute approximate surface area is 188 Å². The molecule has 0 spiro atoms. The molecule has 0 aliphatic carbocycles. The first-order valence-corrected chi connectivity index (χ1v) is 10.3. The fourth-order valence-electron chi connectivity index (χ4n) is 2.95. The summed E-state index contributed by atoms with van der Waals surface area (Å²) in [7, 11) is 0. The van der Waals surface area contributed by atoms with Gasteiger partial charge in [-0.1, -0.05) is 5.11 Å². The van der Waals surface area contributed by atoms with Crippen molar-refractivity contribution in [2.24, 2.45) is 5.11 Å². The molecule has 1 saturated heterocycles. The second kappa shape index (κ2) is 11.4. The number of carbonyl (C=O) groups excluding carboxylic acids is 2. The van der Waals surface area contributed by atoms with Gasteiger partial charge >= 0.3 is 17.9 Å². The highest BCUT2D eigenvalue weighted by Crippen LogP contribution is 2.30. The largest absolute Gasteiger partial charge is 0.508 e. The van der Waals surface area contributed by atoms with E-state index in [4.69, 9.17) is 24.5 Å². The quantitative estimate of drug-likeness (QED) is 0.190. The van der Waals surface area contributed by atoms with E-state index in [0.717, 1.165) is 0 Å². The van der Waals surface area contributed by atoms with Crippen molar-refractivity contribution in [3.8, 4) is 0 Å². The zero-order valence-electron chi connectivity index (χ0n) is 18.9. The number of H-pyrrole nitrogens is 1. The number of alkyl carbamates (subject to hydrolysis) is 1. The van der Waals surface area contributed by atoms with Crippen molar-refractivity contribution in [1.29, 1.82) is 0 Å². The van der Waals surface area contributed by atoms with Gasteiger partial charge in [0.25, 0.3) is 5.56 Å². The Kier molecular flexibility index (Phi) is 8.88. The van der Waals surface area contributed by atoms with Gasteiger partial charge in [-0.3, -0.25) is 14.3 Å². The van der Waals surface area contributed by atoms with Crippen molar-refractivity contribution >= 4 is 12.2 Å². The molecule has 1 aromatic heterocycles. The number of nitrogens with zero attached hydrogens (tertiary/aromatic N) is 4. The number of azide groups is 1. The summed E-state index contributed by atoms with van der Waals surface area (Å²) in [4.78, 5) is 51.9. The van der Waals surface area contributed by atoms with Gasteiger partial charge in [0.15, 0.2) is 0 Å². The van der Waals surface area contributed by atoms with Crippen molar-refractivity contribution in [3.63, 3.8) is 0 Å². The number of rotatable bonds is 8. The molecule has 1 fully saturated rings. The number of amides is 1. The first-order valence-electron chi connectivity index (χ1n) is 10.3. The third kappa shape index (κ3) is 8.16. The van der Waals surface area contributed by atoms with Gasteiger partial charge in [-0.15, -0.1) is 0 Å². The van der Waals surface area contributed by atoms with Crippen LogP contribution in [-0.4, -0.2) is 59.3 Å². The molecule has 2 rings (SSSR count). The predicted octanol–water partition coefficient (Wildman–Crippen LogP) is 1.88. The van der Waals surface area contributed by atoms with Crippen LogP contribution in [0.2, 0.25) is 0 Å². The van der Waals surface area contributed by atoms with Gasteiger partial charge in [-0.2, -0.15) is 0 Å². The first kappa shape index (κ1) is 25.7. The van der Waals surface area contributed by atoms with Crippen molar-refractivity contribution in [1.82, 2.24) is 14.9 Å². The molecule has 0 radical (unpaired) electrons. The topological polar surface area (TPSA) is 187 Å². The molecule has 182 valence electrons. The Balaban J connectivity index is 1.80. The van der Waals surface area contributed by atoms with E-state index < -0.39 is 47.5 Å². The van der Waals surface area contributed by atoms with Crippen molar-refractivity contribution in [3.05, 3.63) is 43.0 Å². The molecular formula is C19H28N6O8. The normalized spacial score (nSPS) is 19.9. The summed E-state index contributed by atoms with van der Waals surface area (Å²) in [6, 6.07) is -0.704. The summed E-state index contributed by atoms with van der Waals surface area (Å²) in [6.45, 7) is 6.73. The van der Waals surface area contributed by atoms with E-state index in [1.54, 1.807) is 20.8 Å². The molecule has 0 bridgehead atoms. The van der Waals surface area contributed by atoms with Crippen LogP contribution in [0.4, 0.5) is 9.59 Å². The Morgan fingerprint density at radius 2 is 2.09 bits per heavy atom. The van der Waals surface area contributed by atoms with Crippen LogP contribution >= 0.6 is 0 Å². The number of carbonyl (C=O) groups is 2. The summed E-state index contributed by atoms with van der Waals surface area (Å²) in [5.74, 6) is 0. The van der Waals surface area contributed by atoms with Crippen LogP contribution in [0, 0.1) is 6.92 Å². The molecule has 14 heteroatoms. The molecule has 2 N–H and O–H groups in total. The minimum Gasteiger partial charge on any atom is -0.444 e. The second-order valence-electron chi connectivity index (χ2n) is 8.31. The van der Waals surface area contributed by atoms with Crippen molar-refractivity contribution in [2.75, 3.05) is 19.8 Å². The zero-order chi connectivity index (χ0) is 24.6. The molecule has 2 heterocycles. The van der Waals surface area contributed by atoms with Crippen LogP contribution in [0.15, 0.2) is 20.9 Å². The minimum atomic E-state index is -0.962. The Morgan fingerprint density at radius 3 is 2.76 bits per heavy atom. The van der Waals surface area contributed by atoms with Crippen molar-refractivity contribution < 1.29 is 28.5 Å². The smallest absolute Gasteiger partial charge is 0.444 e. The van der Waals surface area contributed by atoms with Gasteiger partial charge in [-0.05, 0) is 39.6 Å². The predicted molar refractivity (Wildman–Crippen MR) is 114 cm³/mol. The fourth-order valence-corrected chi connectivity index (χ4v) is 2.95. The lowest BCUT2D eigenvalue weighted by atomic mass is 10.1. The number of aromatic nitrogens is 2. The van der Waals surface area contributed by atoms with Crippen LogP contribution in [-0.2, 0) is 18.9 Å². The summed E-state index contributed by atoms with van der Waals surface area (Å²) >= 11 is 0. The maximum absolute atomic E-state index is 12.1.